The molecular formula is C15H24FN3O. The number of nitrogens with one attached hydrogen (secondary N) is 1. The second kappa shape index (κ2) is 7.24. The lowest BCUT2D eigenvalue weighted by atomic mass is 10.1. The van der Waals surface area contributed by atoms with Gasteiger partial charge in [0.05, 0.1) is 11.7 Å². The zero-order chi connectivity index (χ0) is 15.3. The van der Waals surface area contributed by atoms with Crippen molar-refractivity contribution in [2.24, 2.45) is 5.92 Å². The topological polar surface area (TPSA) is 58.4 Å². The van der Waals surface area contributed by atoms with Crippen molar-refractivity contribution < 1.29 is 9.18 Å². The van der Waals surface area contributed by atoms with Gasteiger partial charge in [0.25, 0.3) is 0 Å². The summed E-state index contributed by atoms with van der Waals surface area (Å²) >= 11 is 0. The molecule has 20 heavy (non-hydrogen) atoms. The van der Waals surface area contributed by atoms with Gasteiger partial charge in [-0.05, 0) is 38.1 Å². The van der Waals surface area contributed by atoms with E-state index in [1.807, 2.05) is 18.9 Å². The first-order valence-corrected chi connectivity index (χ1v) is 6.91. The van der Waals surface area contributed by atoms with Crippen LogP contribution < -0.4 is 11.1 Å². The van der Waals surface area contributed by atoms with Crippen molar-refractivity contribution in [2.75, 3.05) is 24.6 Å². The van der Waals surface area contributed by atoms with Gasteiger partial charge < -0.3 is 11.1 Å². The van der Waals surface area contributed by atoms with Crippen LogP contribution in [0.25, 0.3) is 0 Å². The van der Waals surface area contributed by atoms with Crippen molar-refractivity contribution in [1.29, 1.82) is 0 Å². The Kier molecular flexibility index (Phi) is 5.95. The highest BCUT2D eigenvalue weighted by Crippen LogP contribution is 2.18. The fraction of sp³-hybridized carbons (Fsp3) is 0.533. The van der Waals surface area contributed by atoms with Gasteiger partial charge in [-0.3, -0.25) is 9.69 Å². The lowest BCUT2D eigenvalue weighted by molar-refractivity contribution is -0.120. The fourth-order valence-electron chi connectivity index (χ4n) is 1.85. The number of likely N-dealkylation sites (N-methyl/N-ethyl adjacent to an activating group) is 1. The number of benzene rings is 1. The predicted molar refractivity (Wildman–Crippen MR) is 81.0 cm³/mol. The first kappa shape index (κ1) is 16.4. The zero-order valence-electron chi connectivity index (χ0n) is 12.6. The van der Waals surface area contributed by atoms with Crippen LogP contribution in [0.4, 0.5) is 15.8 Å². The molecule has 0 spiro atoms. The minimum atomic E-state index is -0.482. The maximum atomic E-state index is 13.6. The Morgan fingerprint density at radius 2 is 2.10 bits per heavy atom. The van der Waals surface area contributed by atoms with E-state index in [1.54, 1.807) is 0 Å². The monoisotopic (exact) mass is 281 g/mol. The normalized spacial score (nSPS) is 14.1. The molecule has 0 saturated heterocycles. The van der Waals surface area contributed by atoms with Crippen molar-refractivity contribution in [3.63, 3.8) is 0 Å². The number of nitrogens with zero attached hydrogens (tertiary/aromatic N) is 1. The summed E-state index contributed by atoms with van der Waals surface area (Å²) in [6, 6.07) is 3.81. The predicted octanol–water partition coefficient (Wildman–Crippen LogP) is 2.71. The summed E-state index contributed by atoms with van der Waals surface area (Å²) in [6.45, 7) is 6.89. The minimum Gasteiger partial charge on any atom is -0.399 e. The Morgan fingerprint density at radius 1 is 1.45 bits per heavy atom. The van der Waals surface area contributed by atoms with Gasteiger partial charge in [0.1, 0.15) is 5.82 Å². The summed E-state index contributed by atoms with van der Waals surface area (Å²) < 4.78 is 13.6. The van der Waals surface area contributed by atoms with Gasteiger partial charge in [-0.15, -0.1) is 0 Å². The van der Waals surface area contributed by atoms with Gasteiger partial charge in [0.2, 0.25) is 5.91 Å². The van der Waals surface area contributed by atoms with Crippen molar-refractivity contribution in [1.82, 2.24) is 4.90 Å². The van der Waals surface area contributed by atoms with E-state index in [2.05, 4.69) is 19.2 Å². The summed E-state index contributed by atoms with van der Waals surface area (Å²) in [6.07, 6.45) is 1.06. The molecule has 0 aromatic heterocycles. The lowest BCUT2D eigenvalue weighted by Crippen LogP contribution is -2.41. The highest BCUT2D eigenvalue weighted by Gasteiger charge is 2.20. The van der Waals surface area contributed by atoms with E-state index >= 15 is 0 Å². The highest BCUT2D eigenvalue weighted by molar-refractivity contribution is 5.95. The van der Waals surface area contributed by atoms with Crippen molar-refractivity contribution in [2.45, 2.75) is 33.2 Å². The summed E-state index contributed by atoms with van der Waals surface area (Å²) in [4.78, 5) is 14.1. The molecule has 0 bridgehead atoms. The first-order chi connectivity index (χ1) is 9.35. The van der Waals surface area contributed by atoms with E-state index in [0.29, 0.717) is 11.6 Å². The largest absolute Gasteiger partial charge is 0.399 e. The Balaban J connectivity index is 2.68. The van der Waals surface area contributed by atoms with Crippen LogP contribution >= 0.6 is 0 Å². The molecule has 0 aliphatic heterocycles. The number of hydrogen-bond donors (Lipinski definition) is 2. The zero-order valence-corrected chi connectivity index (χ0v) is 12.6. The maximum Gasteiger partial charge on any atom is 0.241 e. The number of anilines is 2. The van der Waals surface area contributed by atoms with Gasteiger partial charge in [-0.25, -0.2) is 4.39 Å². The molecule has 0 heterocycles. The summed E-state index contributed by atoms with van der Waals surface area (Å²) in [5.74, 6) is -0.205. The molecule has 4 nitrogen and oxygen atoms in total. The third kappa shape index (κ3) is 4.49. The number of amides is 1. The molecule has 2 atom stereocenters. The van der Waals surface area contributed by atoms with E-state index in [4.69, 9.17) is 5.73 Å². The van der Waals surface area contributed by atoms with Gasteiger partial charge >= 0.3 is 0 Å². The number of rotatable bonds is 6. The average molecular weight is 281 g/mol. The van der Waals surface area contributed by atoms with E-state index < -0.39 is 5.82 Å². The van der Waals surface area contributed by atoms with Crippen LogP contribution in [0, 0.1) is 11.7 Å². The second-order valence-corrected chi connectivity index (χ2v) is 5.36. The summed E-state index contributed by atoms with van der Waals surface area (Å²) in [5.41, 5.74) is 6.14. The van der Waals surface area contributed by atoms with Crippen molar-refractivity contribution >= 4 is 17.3 Å². The Bertz CT molecular complexity index is 464. The lowest BCUT2D eigenvalue weighted by Gasteiger charge is -2.26. The number of carbonyl (C=O) groups is 1. The Labute approximate surface area is 120 Å². The van der Waals surface area contributed by atoms with Crippen molar-refractivity contribution in [3.8, 4) is 0 Å². The van der Waals surface area contributed by atoms with Crippen LogP contribution in [0.1, 0.15) is 27.2 Å². The van der Waals surface area contributed by atoms with Gasteiger partial charge in [0, 0.05) is 12.2 Å². The van der Waals surface area contributed by atoms with Crippen LogP contribution in [0.15, 0.2) is 18.2 Å². The smallest absolute Gasteiger partial charge is 0.241 e. The summed E-state index contributed by atoms with van der Waals surface area (Å²) in [5, 5.41) is 2.59. The number of nitrogen functional groups attached to an aromatic ring is 1. The third-order valence-corrected chi connectivity index (χ3v) is 3.59. The molecule has 1 rings (SSSR count). The van der Waals surface area contributed by atoms with E-state index in [-0.39, 0.29) is 17.6 Å². The molecule has 3 N–H and O–H groups in total. The molecule has 5 heteroatoms. The van der Waals surface area contributed by atoms with Crippen LogP contribution in [-0.4, -0.2) is 30.4 Å². The molecule has 1 amide bonds. The van der Waals surface area contributed by atoms with E-state index in [0.717, 1.165) is 13.0 Å². The SMILES string of the molecule is CCC(C)CN(C)C(C)C(=O)Nc1cc(N)ccc1F. The van der Waals surface area contributed by atoms with Crippen LogP contribution in [0.3, 0.4) is 0 Å². The van der Waals surface area contributed by atoms with Gasteiger partial charge in [-0.1, -0.05) is 20.3 Å². The van der Waals surface area contributed by atoms with Gasteiger partial charge in [0.15, 0.2) is 0 Å². The minimum absolute atomic E-state index is 0.124. The first-order valence-electron chi connectivity index (χ1n) is 6.91. The number of halogens is 1. The molecular weight excluding hydrogens is 257 g/mol. The molecule has 112 valence electrons. The maximum absolute atomic E-state index is 13.6. The van der Waals surface area contributed by atoms with E-state index in [1.165, 1.54) is 18.2 Å². The van der Waals surface area contributed by atoms with Gasteiger partial charge in [-0.2, -0.15) is 0 Å². The second-order valence-electron chi connectivity index (χ2n) is 5.36. The molecule has 0 fully saturated rings. The molecule has 2 unspecified atom stereocenters. The van der Waals surface area contributed by atoms with Crippen LogP contribution in [0.5, 0.6) is 0 Å². The average Bonchev–Trinajstić information content (AvgIpc) is 2.41. The van der Waals surface area contributed by atoms with E-state index in [9.17, 15) is 9.18 Å². The molecule has 0 saturated carbocycles. The van der Waals surface area contributed by atoms with Crippen LogP contribution in [0.2, 0.25) is 0 Å². The fourth-order valence-corrected chi connectivity index (χ4v) is 1.85. The van der Waals surface area contributed by atoms with Crippen LogP contribution in [-0.2, 0) is 4.79 Å². The van der Waals surface area contributed by atoms with Crippen molar-refractivity contribution in [3.05, 3.63) is 24.0 Å². The summed E-state index contributed by atoms with van der Waals surface area (Å²) in [7, 11) is 1.89. The number of nitrogens with two attached hydrogens (primary N) is 1. The molecule has 1 aromatic rings. The molecule has 1 aromatic carbocycles. The standard InChI is InChI=1S/C15H24FN3O/c1-5-10(2)9-19(4)11(3)15(20)18-14-8-12(17)6-7-13(14)16/h6-8,10-11H,5,9,17H2,1-4H3,(H,18,20). The number of carbonyl (C=O) groups excluding carboxylic acids is 1. The molecule has 0 aliphatic carbocycles. The third-order valence-electron chi connectivity index (χ3n) is 3.59. The Hall–Kier alpha value is -1.62. The number of hydrogen-bond acceptors (Lipinski definition) is 3. The Morgan fingerprint density at radius 3 is 2.70 bits per heavy atom. The quantitative estimate of drug-likeness (QED) is 0.788. The highest BCUT2D eigenvalue weighted by atomic mass is 19.1. The molecule has 0 radical (unpaired) electrons. The molecule has 0 aliphatic rings.